The van der Waals surface area contributed by atoms with E-state index in [1.165, 1.54) is 28.4 Å². The fourth-order valence-corrected chi connectivity index (χ4v) is 16.1. The van der Waals surface area contributed by atoms with Gasteiger partial charge in [0.2, 0.25) is 0 Å². The summed E-state index contributed by atoms with van der Waals surface area (Å²) in [5, 5.41) is 4.05. The Morgan fingerprint density at radius 2 is 1.10 bits per heavy atom. The first-order valence-corrected chi connectivity index (χ1v) is 16.0. The first-order chi connectivity index (χ1) is 14.6. The number of hydrogen-bond donors (Lipinski definition) is 0. The Morgan fingerprint density at radius 1 is 0.633 bits per heavy atom. The first-order valence-electron chi connectivity index (χ1n) is 11.1. The van der Waals surface area contributed by atoms with Crippen molar-refractivity contribution >= 4 is 32.2 Å². The normalized spacial score (nSPS) is 23.1. The van der Waals surface area contributed by atoms with Crippen molar-refractivity contribution in [2.75, 3.05) is 0 Å². The van der Waals surface area contributed by atoms with Gasteiger partial charge < -0.3 is 4.12 Å². The van der Waals surface area contributed by atoms with Crippen molar-refractivity contribution in [1.29, 1.82) is 0 Å². The van der Waals surface area contributed by atoms with Gasteiger partial charge in [-0.2, -0.15) is 0 Å². The van der Waals surface area contributed by atoms with Crippen molar-refractivity contribution in [3.63, 3.8) is 0 Å². The van der Waals surface area contributed by atoms with Gasteiger partial charge >= 0.3 is 0 Å². The lowest BCUT2D eigenvalue weighted by atomic mass is 10.1. The van der Waals surface area contributed by atoms with Gasteiger partial charge in [0.05, 0.1) is 0 Å². The number of hydrogen-bond acceptors (Lipinski definition) is 1. The molecule has 0 heterocycles. The van der Waals surface area contributed by atoms with Crippen molar-refractivity contribution in [3.8, 4) is 0 Å². The average Bonchev–Trinajstić information content (AvgIpc) is 3.44. The summed E-state index contributed by atoms with van der Waals surface area (Å²) in [4.78, 5) is 0. The topological polar surface area (TPSA) is 9.23 Å². The van der Waals surface area contributed by atoms with Crippen LogP contribution in [0, 0.1) is 11.8 Å². The largest absolute Gasteiger partial charge is 0.446 e. The Kier molecular flexibility index (Phi) is 5.13. The molecule has 1 saturated carbocycles. The van der Waals surface area contributed by atoms with Crippen LogP contribution in [0.4, 0.5) is 0 Å². The highest BCUT2D eigenvalue weighted by atomic mass is 28.4. The Hall–Kier alpha value is -2.21. The van der Waals surface area contributed by atoms with Gasteiger partial charge in [0.15, 0.2) is 8.32 Å². The fourth-order valence-electron chi connectivity index (χ4n) is 5.75. The Morgan fingerprint density at radius 3 is 1.47 bits per heavy atom. The maximum absolute atomic E-state index is 7.66. The SMILES string of the molecule is C[Si](C)(O[Si](c1ccccc1)(c1ccccc1)c1ccccc1)C1CC2C=CC1C2. The first kappa shape index (κ1) is 19.7. The van der Waals surface area contributed by atoms with Gasteiger partial charge in [-0.15, -0.1) is 0 Å². The molecule has 2 bridgehead atoms. The van der Waals surface area contributed by atoms with Gasteiger partial charge in [0.25, 0.3) is 8.32 Å². The van der Waals surface area contributed by atoms with E-state index in [9.17, 15) is 0 Å². The molecular weight excluding hydrogens is 396 g/mol. The molecule has 5 rings (SSSR count). The van der Waals surface area contributed by atoms with Crippen LogP contribution in [0.1, 0.15) is 12.8 Å². The number of fused-ring (bicyclic) bond motifs is 2. The third kappa shape index (κ3) is 3.35. The highest BCUT2D eigenvalue weighted by Gasteiger charge is 2.52. The number of allylic oxidation sites excluding steroid dienone is 2. The summed E-state index contributed by atoms with van der Waals surface area (Å²) in [5.41, 5.74) is 0.704. The quantitative estimate of drug-likeness (QED) is 0.311. The molecule has 0 radical (unpaired) electrons. The third-order valence-corrected chi connectivity index (χ3v) is 16.3. The summed E-state index contributed by atoms with van der Waals surface area (Å²) in [6, 6.07) is 33.1. The Labute approximate surface area is 182 Å². The molecule has 1 fully saturated rings. The van der Waals surface area contributed by atoms with E-state index in [4.69, 9.17) is 4.12 Å². The molecule has 0 saturated heterocycles. The molecule has 152 valence electrons. The van der Waals surface area contributed by atoms with Crippen LogP contribution in [0.25, 0.3) is 0 Å². The molecule has 1 nitrogen and oxygen atoms in total. The summed E-state index contributed by atoms with van der Waals surface area (Å²) in [7, 11) is -4.61. The van der Waals surface area contributed by atoms with Gasteiger partial charge in [0, 0.05) is 0 Å². The maximum Gasteiger partial charge on any atom is 0.278 e. The van der Waals surface area contributed by atoms with Gasteiger partial charge in [-0.25, -0.2) is 0 Å². The van der Waals surface area contributed by atoms with E-state index >= 15 is 0 Å². The molecule has 3 aromatic carbocycles. The summed E-state index contributed by atoms with van der Waals surface area (Å²) in [6.07, 6.45) is 7.57. The van der Waals surface area contributed by atoms with Crippen LogP contribution in [0.3, 0.4) is 0 Å². The molecule has 3 heteroatoms. The van der Waals surface area contributed by atoms with Crippen LogP contribution in [-0.4, -0.2) is 16.6 Å². The maximum atomic E-state index is 7.66. The molecule has 0 amide bonds. The van der Waals surface area contributed by atoms with E-state index in [1.807, 2.05) is 0 Å². The fraction of sp³-hybridized carbons (Fsp3) is 0.259. The minimum absolute atomic E-state index is 0.704. The zero-order valence-electron chi connectivity index (χ0n) is 17.9. The van der Waals surface area contributed by atoms with Crippen LogP contribution in [0.2, 0.25) is 18.6 Å². The van der Waals surface area contributed by atoms with Crippen LogP contribution < -0.4 is 15.6 Å². The minimum Gasteiger partial charge on any atom is -0.446 e. The van der Waals surface area contributed by atoms with Gasteiger partial charge in [-0.1, -0.05) is 103 Å². The van der Waals surface area contributed by atoms with Gasteiger partial charge in [-0.05, 0) is 58.9 Å². The molecule has 0 aliphatic heterocycles. The standard InChI is InChI=1S/C27H30OSi2/c1-29(2,27-21-22-18-19-23(27)20-22)28-30(24-12-6-3-7-13-24,25-14-8-4-9-15-25)26-16-10-5-11-17-26/h3-19,22-23,27H,20-21H2,1-2H3. The van der Waals surface area contributed by atoms with Crippen LogP contribution in [-0.2, 0) is 4.12 Å². The van der Waals surface area contributed by atoms with E-state index in [0.717, 1.165) is 5.92 Å². The number of benzene rings is 3. The van der Waals surface area contributed by atoms with Gasteiger partial charge in [0.1, 0.15) is 0 Å². The Bertz CT molecular complexity index is 918. The average molecular weight is 427 g/mol. The van der Waals surface area contributed by atoms with Crippen molar-refractivity contribution < 1.29 is 4.12 Å². The Balaban J connectivity index is 1.69. The van der Waals surface area contributed by atoms with E-state index in [-0.39, 0.29) is 0 Å². The predicted molar refractivity (Wildman–Crippen MR) is 132 cm³/mol. The zero-order chi connectivity index (χ0) is 20.6. The van der Waals surface area contributed by atoms with E-state index in [1.54, 1.807) is 0 Å². The molecule has 3 unspecified atom stereocenters. The molecular formula is C27H30OSi2. The second-order valence-electron chi connectivity index (χ2n) is 9.37. The van der Waals surface area contributed by atoms with Crippen molar-refractivity contribution in [2.45, 2.75) is 31.5 Å². The summed E-state index contributed by atoms with van der Waals surface area (Å²) >= 11 is 0. The molecule has 3 atom stereocenters. The molecule has 30 heavy (non-hydrogen) atoms. The van der Waals surface area contributed by atoms with Crippen molar-refractivity contribution in [2.24, 2.45) is 11.8 Å². The van der Waals surface area contributed by atoms with Crippen molar-refractivity contribution in [3.05, 3.63) is 103 Å². The zero-order valence-corrected chi connectivity index (χ0v) is 19.9. The second kappa shape index (κ2) is 7.80. The molecule has 2 aliphatic carbocycles. The molecule has 3 aromatic rings. The smallest absolute Gasteiger partial charge is 0.278 e. The lowest BCUT2D eigenvalue weighted by Gasteiger charge is -2.44. The van der Waals surface area contributed by atoms with Gasteiger partial charge in [-0.3, -0.25) is 0 Å². The van der Waals surface area contributed by atoms with E-state index in [0.29, 0.717) is 11.5 Å². The highest BCUT2D eigenvalue weighted by molar-refractivity contribution is 7.10. The molecule has 2 aliphatic rings. The molecule has 0 spiro atoms. The predicted octanol–water partition coefficient (Wildman–Crippen LogP) is 4.84. The lowest BCUT2D eigenvalue weighted by molar-refractivity contribution is 0.510. The van der Waals surface area contributed by atoms with Crippen LogP contribution >= 0.6 is 0 Å². The summed E-state index contributed by atoms with van der Waals surface area (Å²) < 4.78 is 7.66. The van der Waals surface area contributed by atoms with E-state index < -0.39 is 16.6 Å². The lowest BCUT2D eigenvalue weighted by Crippen LogP contribution is -2.73. The monoisotopic (exact) mass is 426 g/mol. The summed E-state index contributed by atoms with van der Waals surface area (Å²) in [6.45, 7) is 4.95. The second-order valence-corrected chi connectivity index (χ2v) is 17.2. The molecule has 0 aromatic heterocycles. The third-order valence-electron chi connectivity index (χ3n) is 7.13. The van der Waals surface area contributed by atoms with Crippen LogP contribution in [0.5, 0.6) is 0 Å². The highest BCUT2D eigenvalue weighted by Crippen LogP contribution is 2.52. The minimum atomic E-state index is -2.62. The summed E-state index contributed by atoms with van der Waals surface area (Å²) in [5.74, 6) is 1.49. The molecule has 0 N–H and O–H groups in total. The van der Waals surface area contributed by atoms with Crippen molar-refractivity contribution in [1.82, 2.24) is 0 Å². The van der Waals surface area contributed by atoms with Crippen LogP contribution in [0.15, 0.2) is 103 Å². The van der Waals surface area contributed by atoms with E-state index in [2.05, 4.69) is 116 Å². The number of rotatable bonds is 6.